The molecular weight excluding hydrogens is 358 g/mol. The van der Waals surface area contributed by atoms with Gasteiger partial charge >= 0.3 is 0 Å². The van der Waals surface area contributed by atoms with E-state index in [1.165, 1.54) is 0 Å². The van der Waals surface area contributed by atoms with Crippen molar-refractivity contribution in [2.24, 2.45) is 0 Å². The van der Waals surface area contributed by atoms with Crippen LogP contribution in [0.15, 0.2) is 66.7 Å². The highest BCUT2D eigenvalue weighted by Gasteiger charge is 2.36. The number of hydrogen-bond donors (Lipinski definition) is 3. The molecule has 6 heteroatoms. The van der Waals surface area contributed by atoms with E-state index in [-0.39, 0.29) is 17.7 Å². The summed E-state index contributed by atoms with van der Waals surface area (Å²) in [6.45, 7) is 0. The van der Waals surface area contributed by atoms with Gasteiger partial charge in [0.15, 0.2) is 0 Å². The molecule has 1 unspecified atom stereocenters. The summed E-state index contributed by atoms with van der Waals surface area (Å²) >= 11 is 1.60. The second-order valence-electron chi connectivity index (χ2n) is 6.39. The quantitative estimate of drug-likeness (QED) is 0.500. The molecule has 0 fully saturated rings. The maximum atomic E-state index is 12.4. The molecule has 4 aromatic rings. The third-order valence-electron chi connectivity index (χ3n) is 4.68. The topological polar surface area (TPSA) is 78.0 Å². The van der Waals surface area contributed by atoms with Gasteiger partial charge in [0.2, 0.25) is 0 Å². The van der Waals surface area contributed by atoms with Crippen LogP contribution in [-0.2, 0) is 0 Å². The number of fused-ring (bicyclic) bond motifs is 1. The number of aromatic nitrogens is 2. The number of rotatable bonds is 3. The molecule has 5 rings (SSSR count). The number of amides is 1. The molecule has 1 amide bonds. The maximum Gasteiger partial charge on any atom is 0.270 e. The molecule has 27 heavy (non-hydrogen) atoms. The number of nitrogens with one attached hydrogen (secondary N) is 2. The highest BCUT2D eigenvalue weighted by atomic mass is 32.1. The van der Waals surface area contributed by atoms with Crippen LogP contribution in [0.4, 0.5) is 0 Å². The average molecular weight is 373 g/mol. The first kappa shape index (κ1) is 15.8. The number of carbonyl (C=O) groups excluding carboxylic acids is 1. The lowest BCUT2D eigenvalue weighted by Gasteiger charge is -2.10. The summed E-state index contributed by atoms with van der Waals surface area (Å²) in [7, 11) is 0. The van der Waals surface area contributed by atoms with Gasteiger partial charge in [-0.25, -0.2) is 0 Å². The average Bonchev–Trinajstić information content (AvgIpc) is 3.40. The molecule has 2 aromatic carbocycles. The lowest BCUT2D eigenvalue weighted by molar-refractivity contribution is 0.0956. The van der Waals surface area contributed by atoms with Crippen molar-refractivity contribution in [2.45, 2.75) is 6.04 Å². The van der Waals surface area contributed by atoms with Crippen molar-refractivity contribution in [3.8, 4) is 27.4 Å². The first-order valence-electron chi connectivity index (χ1n) is 8.54. The number of benzene rings is 2. The Labute approximate surface area is 159 Å². The van der Waals surface area contributed by atoms with Crippen molar-refractivity contribution in [3.63, 3.8) is 0 Å². The largest absolute Gasteiger partial charge is 0.508 e. The molecule has 0 bridgehead atoms. The molecule has 0 saturated carbocycles. The van der Waals surface area contributed by atoms with Gasteiger partial charge in [-0.15, -0.1) is 11.3 Å². The van der Waals surface area contributed by atoms with Gasteiger partial charge in [0.1, 0.15) is 11.4 Å². The zero-order valence-corrected chi connectivity index (χ0v) is 15.0. The first-order valence-corrected chi connectivity index (χ1v) is 9.36. The Morgan fingerprint density at radius 2 is 1.78 bits per heavy atom. The van der Waals surface area contributed by atoms with Crippen molar-refractivity contribution in [1.82, 2.24) is 15.5 Å². The lowest BCUT2D eigenvalue weighted by atomic mass is 10.0. The Bertz CT molecular complexity index is 1150. The van der Waals surface area contributed by atoms with Gasteiger partial charge in [-0.2, -0.15) is 5.10 Å². The fourth-order valence-electron chi connectivity index (χ4n) is 3.43. The number of phenolic OH excluding ortho intramolecular Hbond substituents is 1. The number of nitrogens with zero attached hydrogens (tertiary/aromatic N) is 1. The van der Waals surface area contributed by atoms with Crippen LogP contribution in [0.25, 0.3) is 21.7 Å². The predicted molar refractivity (Wildman–Crippen MR) is 105 cm³/mol. The van der Waals surface area contributed by atoms with E-state index in [1.54, 1.807) is 23.5 Å². The van der Waals surface area contributed by atoms with Crippen LogP contribution in [0.5, 0.6) is 5.75 Å². The van der Waals surface area contributed by atoms with Gasteiger partial charge < -0.3 is 10.4 Å². The second kappa shape index (κ2) is 6.10. The fraction of sp³-hybridized carbons (Fsp3) is 0.0476. The zero-order chi connectivity index (χ0) is 18.4. The number of H-pyrrole nitrogens is 1. The third kappa shape index (κ3) is 2.62. The van der Waals surface area contributed by atoms with E-state index < -0.39 is 0 Å². The van der Waals surface area contributed by atoms with Crippen LogP contribution in [0.1, 0.15) is 27.0 Å². The van der Waals surface area contributed by atoms with Gasteiger partial charge in [-0.1, -0.05) is 42.5 Å². The van der Waals surface area contributed by atoms with Crippen LogP contribution in [0.2, 0.25) is 0 Å². The molecule has 5 nitrogen and oxygen atoms in total. The number of carbonyl (C=O) groups is 1. The van der Waals surface area contributed by atoms with E-state index in [0.717, 1.165) is 32.1 Å². The smallest absolute Gasteiger partial charge is 0.270 e. The highest BCUT2D eigenvalue weighted by molar-refractivity contribution is 7.15. The number of thiophene rings is 1. The Morgan fingerprint density at radius 1 is 0.963 bits per heavy atom. The molecule has 1 atom stereocenters. The van der Waals surface area contributed by atoms with Gasteiger partial charge in [0.05, 0.1) is 11.7 Å². The standard InChI is InChI=1S/C21H15N3O2S/c25-14-8-4-7-13(11-14)15-9-10-16(27-15)19-17-18(12-5-2-1-3-6-12)23-24-20(17)21(26)22-19/h1-11,19,25H,(H,22,26)(H,23,24). The van der Waals surface area contributed by atoms with Crippen molar-refractivity contribution < 1.29 is 9.90 Å². The maximum absolute atomic E-state index is 12.4. The van der Waals surface area contributed by atoms with Gasteiger partial charge in [-0.05, 0) is 29.8 Å². The Hall–Kier alpha value is -3.38. The van der Waals surface area contributed by atoms with Crippen molar-refractivity contribution >= 4 is 17.2 Å². The van der Waals surface area contributed by atoms with Crippen LogP contribution < -0.4 is 5.32 Å². The van der Waals surface area contributed by atoms with E-state index in [2.05, 4.69) is 15.5 Å². The first-order chi connectivity index (χ1) is 13.2. The number of aromatic hydroxyl groups is 1. The summed E-state index contributed by atoms with van der Waals surface area (Å²) in [5.41, 5.74) is 4.12. The minimum atomic E-state index is -0.238. The van der Waals surface area contributed by atoms with Gasteiger partial charge in [0, 0.05) is 20.9 Å². The van der Waals surface area contributed by atoms with E-state index in [4.69, 9.17) is 0 Å². The van der Waals surface area contributed by atoms with Crippen molar-refractivity contribution in [2.75, 3.05) is 0 Å². The molecule has 0 spiro atoms. The molecule has 3 N–H and O–H groups in total. The third-order valence-corrected chi connectivity index (χ3v) is 5.88. The van der Waals surface area contributed by atoms with Gasteiger partial charge in [0.25, 0.3) is 5.91 Å². The summed E-state index contributed by atoms with van der Waals surface area (Å²) in [6.07, 6.45) is 0. The molecule has 0 radical (unpaired) electrons. The predicted octanol–water partition coefficient (Wildman–Crippen LogP) is 4.34. The number of phenols is 1. The van der Waals surface area contributed by atoms with Crippen molar-refractivity contribution in [1.29, 1.82) is 0 Å². The summed E-state index contributed by atoms with van der Waals surface area (Å²) in [4.78, 5) is 14.5. The molecule has 0 saturated heterocycles. The van der Waals surface area contributed by atoms with Gasteiger partial charge in [-0.3, -0.25) is 9.89 Å². The Morgan fingerprint density at radius 3 is 2.59 bits per heavy atom. The van der Waals surface area contributed by atoms with Crippen LogP contribution in [0, 0.1) is 0 Å². The lowest BCUT2D eigenvalue weighted by Crippen LogP contribution is -2.20. The SMILES string of the molecule is O=C1NC(c2ccc(-c3cccc(O)c3)s2)c2c(-c3ccccc3)n[nH]c21. The molecule has 0 aliphatic carbocycles. The zero-order valence-electron chi connectivity index (χ0n) is 14.1. The number of aromatic amines is 1. The highest BCUT2D eigenvalue weighted by Crippen LogP contribution is 2.41. The fourth-order valence-corrected chi connectivity index (χ4v) is 4.50. The Balaban J connectivity index is 1.58. The van der Waals surface area contributed by atoms with E-state index in [1.807, 2.05) is 54.6 Å². The monoisotopic (exact) mass is 373 g/mol. The van der Waals surface area contributed by atoms with Crippen LogP contribution in [-0.4, -0.2) is 21.2 Å². The van der Waals surface area contributed by atoms with E-state index in [0.29, 0.717) is 5.69 Å². The minimum absolute atomic E-state index is 0.142. The number of hydrogen-bond acceptors (Lipinski definition) is 4. The molecule has 1 aliphatic rings. The normalized spacial score (nSPS) is 15.6. The van der Waals surface area contributed by atoms with Crippen molar-refractivity contribution in [3.05, 3.63) is 82.9 Å². The van der Waals surface area contributed by atoms with Crippen LogP contribution in [0.3, 0.4) is 0 Å². The summed E-state index contributed by atoms with van der Waals surface area (Å²) in [5, 5.41) is 20.1. The summed E-state index contributed by atoms with van der Waals surface area (Å²) < 4.78 is 0. The summed E-state index contributed by atoms with van der Waals surface area (Å²) in [6, 6.07) is 20.8. The minimum Gasteiger partial charge on any atom is -0.508 e. The van der Waals surface area contributed by atoms with E-state index >= 15 is 0 Å². The van der Waals surface area contributed by atoms with Crippen LogP contribution >= 0.6 is 11.3 Å². The molecule has 1 aliphatic heterocycles. The second-order valence-corrected chi connectivity index (χ2v) is 7.50. The van der Waals surface area contributed by atoms with E-state index in [9.17, 15) is 9.90 Å². The molecule has 3 heterocycles. The Kier molecular flexibility index (Phi) is 3.58. The summed E-state index contributed by atoms with van der Waals surface area (Å²) in [5.74, 6) is 0.0945. The molecule has 132 valence electrons. The molecule has 2 aromatic heterocycles. The molecular formula is C21H15N3O2S.